The summed E-state index contributed by atoms with van der Waals surface area (Å²) in [5.74, 6) is 3.03. The Balaban J connectivity index is 1.29. The van der Waals surface area contributed by atoms with Crippen molar-refractivity contribution in [2.75, 3.05) is 0 Å². The lowest BCUT2D eigenvalue weighted by Crippen LogP contribution is -2.75. The third-order valence-corrected chi connectivity index (χ3v) is 8.02. The molecule has 0 amide bonds. The Hall–Kier alpha value is -5.50. The molecule has 7 heterocycles. The van der Waals surface area contributed by atoms with Crippen LogP contribution in [0.3, 0.4) is 0 Å². The largest absolute Gasteiger partial charge is 0.456 e. The van der Waals surface area contributed by atoms with Gasteiger partial charge in [0.25, 0.3) is 5.69 Å². The van der Waals surface area contributed by atoms with E-state index in [1.54, 1.807) is 0 Å². The standard InChI is InChI=1S/C31H17N5O3/c1-2-9-23-18(7-1)19-16-32-20(15-27(19)37-23)21-17-35-31-29-22(36(35)33-21)8-5-10-24(29)38-25-11-6-12-26(30(25)31)39-28-13-3-4-14-34(28)31/h1-17H/q+2. The summed E-state index contributed by atoms with van der Waals surface area (Å²) in [6, 6.07) is 28.0. The van der Waals surface area contributed by atoms with Crippen molar-refractivity contribution in [1.29, 1.82) is 0 Å². The summed E-state index contributed by atoms with van der Waals surface area (Å²) in [7, 11) is 0. The van der Waals surface area contributed by atoms with E-state index in [0.717, 1.165) is 73.3 Å². The van der Waals surface area contributed by atoms with Crippen LogP contribution in [0, 0.1) is 0 Å². The minimum atomic E-state index is -0.792. The van der Waals surface area contributed by atoms with Crippen molar-refractivity contribution in [3.05, 3.63) is 115 Å². The predicted molar refractivity (Wildman–Crippen MR) is 139 cm³/mol. The molecule has 4 aromatic heterocycles. The quantitative estimate of drug-likeness (QED) is 0.285. The fraction of sp³-hybridized carbons (Fsp3) is 0.0323. The van der Waals surface area contributed by atoms with E-state index in [4.69, 9.17) is 24.0 Å². The second kappa shape index (κ2) is 6.49. The molecule has 182 valence electrons. The molecule has 1 unspecified atom stereocenters. The van der Waals surface area contributed by atoms with Gasteiger partial charge in [-0.25, -0.2) is 0 Å². The van der Waals surface area contributed by atoms with E-state index in [1.165, 1.54) is 0 Å². The maximum Gasteiger partial charge on any atom is 0.395 e. The fourth-order valence-corrected chi connectivity index (χ4v) is 6.49. The summed E-state index contributed by atoms with van der Waals surface area (Å²) in [4.78, 5) is 6.76. The molecule has 8 nitrogen and oxygen atoms in total. The molecule has 0 N–H and O–H groups in total. The van der Waals surface area contributed by atoms with Crippen molar-refractivity contribution < 1.29 is 23.1 Å². The zero-order valence-electron chi connectivity index (χ0n) is 20.3. The van der Waals surface area contributed by atoms with Crippen molar-refractivity contribution >= 4 is 21.9 Å². The number of furan rings is 1. The average molecular weight is 508 g/mol. The van der Waals surface area contributed by atoms with Gasteiger partial charge in [-0.05, 0) is 41.2 Å². The molecule has 39 heavy (non-hydrogen) atoms. The van der Waals surface area contributed by atoms with Gasteiger partial charge in [-0.1, -0.05) is 35.0 Å². The molecule has 3 aromatic carbocycles. The van der Waals surface area contributed by atoms with Crippen LogP contribution in [-0.4, -0.2) is 14.9 Å². The molecule has 7 aromatic rings. The molecule has 0 saturated carbocycles. The van der Waals surface area contributed by atoms with Crippen molar-refractivity contribution in [2.24, 2.45) is 0 Å². The van der Waals surface area contributed by atoms with Crippen LogP contribution in [0.25, 0.3) is 39.0 Å². The van der Waals surface area contributed by atoms with E-state index in [2.05, 4.69) is 33.8 Å². The Kier molecular flexibility index (Phi) is 3.26. The van der Waals surface area contributed by atoms with E-state index in [-0.39, 0.29) is 0 Å². The van der Waals surface area contributed by atoms with E-state index < -0.39 is 5.66 Å². The third kappa shape index (κ3) is 2.19. The van der Waals surface area contributed by atoms with Gasteiger partial charge in [0.2, 0.25) is 0 Å². The van der Waals surface area contributed by atoms with Gasteiger partial charge >= 0.3 is 11.5 Å². The van der Waals surface area contributed by atoms with Gasteiger partial charge in [-0.15, -0.1) is 4.57 Å². The smallest absolute Gasteiger partial charge is 0.395 e. The minimum absolute atomic E-state index is 0.732. The fourth-order valence-electron chi connectivity index (χ4n) is 6.49. The van der Waals surface area contributed by atoms with Crippen molar-refractivity contribution in [3.63, 3.8) is 0 Å². The lowest BCUT2D eigenvalue weighted by atomic mass is 9.85. The van der Waals surface area contributed by atoms with Gasteiger partial charge in [0.15, 0.2) is 29.3 Å². The van der Waals surface area contributed by atoms with E-state index in [1.807, 2.05) is 83.8 Å². The summed E-state index contributed by atoms with van der Waals surface area (Å²) in [6.07, 6.45) is 5.98. The normalized spacial score (nSPS) is 17.2. The third-order valence-electron chi connectivity index (χ3n) is 8.02. The first-order chi connectivity index (χ1) is 19.3. The highest BCUT2D eigenvalue weighted by Crippen LogP contribution is 2.55. The second-order valence-electron chi connectivity index (χ2n) is 9.98. The molecule has 10 rings (SSSR count). The van der Waals surface area contributed by atoms with Crippen LogP contribution < -0.4 is 18.7 Å². The monoisotopic (exact) mass is 507 g/mol. The van der Waals surface area contributed by atoms with E-state index in [0.29, 0.717) is 0 Å². The number of hydrogen-bond donors (Lipinski definition) is 0. The molecule has 1 atom stereocenters. The summed E-state index contributed by atoms with van der Waals surface area (Å²) in [5.41, 5.74) is 5.19. The van der Waals surface area contributed by atoms with Crippen LogP contribution >= 0.6 is 0 Å². The molecular formula is C31H17N5O3+2. The molecule has 0 saturated heterocycles. The summed E-state index contributed by atoms with van der Waals surface area (Å²) in [5, 5.41) is 7.13. The van der Waals surface area contributed by atoms with Crippen molar-refractivity contribution in [3.8, 4) is 40.2 Å². The Morgan fingerprint density at radius 1 is 0.718 bits per heavy atom. The maximum atomic E-state index is 6.45. The summed E-state index contributed by atoms with van der Waals surface area (Å²) < 4.78 is 23.3. The second-order valence-corrected chi connectivity index (χ2v) is 9.98. The lowest BCUT2D eigenvalue weighted by Gasteiger charge is -2.33. The molecule has 0 aliphatic carbocycles. The number of para-hydroxylation sites is 1. The zero-order valence-corrected chi connectivity index (χ0v) is 20.3. The first-order valence-corrected chi connectivity index (χ1v) is 12.7. The van der Waals surface area contributed by atoms with Crippen LogP contribution in [-0.2, 0) is 5.66 Å². The molecule has 8 heteroatoms. The zero-order chi connectivity index (χ0) is 25.3. The van der Waals surface area contributed by atoms with Crippen LogP contribution in [0.2, 0.25) is 0 Å². The minimum Gasteiger partial charge on any atom is -0.456 e. The van der Waals surface area contributed by atoms with E-state index in [9.17, 15) is 0 Å². The number of hydrogen-bond acceptors (Lipinski definition) is 5. The number of nitrogens with zero attached hydrogens (tertiary/aromatic N) is 5. The van der Waals surface area contributed by atoms with Gasteiger partial charge in [0, 0.05) is 29.1 Å². The first kappa shape index (κ1) is 19.6. The van der Waals surface area contributed by atoms with Gasteiger partial charge in [0.1, 0.15) is 34.0 Å². The Morgan fingerprint density at radius 2 is 1.54 bits per heavy atom. The number of ether oxygens (including phenoxy) is 2. The first-order valence-electron chi connectivity index (χ1n) is 12.7. The summed E-state index contributed by atoms with van der Waals surface area (Å²) >= 11 is 0. The van der Waals surface area contributed by atoms with Crippen LogP contribution in [0.15, 0.2) is 108 Å². The highest BCUT2D eigenvalue weighted by atomic mass is 16.5. The molecule has 0 radical (unpaired) electrons. The van der Waals surface area contributed by atoms with Crippen LogP contribution in [0.4, 0.5) is 0 Å². The highest BCUT2D eigenvalue weighted by Gasteiger charge is 2.69. The Bertz CT molecular complexity index is 2200. The number of rotatable bonds is 1. The number of benzene rings is 3. The average Bonchev–Trinajstić information content (AvgIpc) is 3.65. The van der Waals surface area contributed by atoms with E-state index >= 15 is 0 Å². The molecule has 3 aliphatic rings. The molecular weight excluding hydrogens is 490 g/mol. The van der Waals surface area contributed by atoms with Crippen molar-refractivity contribution in [2.45, 2.75) is 5.66 Å². The van der Waals surface area contributed by atoms with Gasteiger partial charge < -0.3 is 13.9 Å². The number of fused-ring (bicyclic) bond motifs is 6. The molecule has 1 spiro atoms. The van der Waals surface area contributed by atoms with Crippen LogP contribution in [0.1, 0.15) is 11.1 Å². The van der Waals surface area contributed by atoms with Crippen LogP contribution in [0.5, 0.6) is 23.1 Å². The number of aromatic nitrogens is 5. The van der Waals surface area contributed by atoms with Gasteiger partial charge in [0.05, 0.1) is 11.2 Å². The molecule has 0 fully saturated rings. The lowest BCUT2D eigenvalue weighted by molar-refractivity contribution is -0.998. The molecule has 3 aliphatic heterocycles. The SMILES string of the molecule is c1cc2c3c(c1)Oc1cccc[n+]1C31c3c(cccc3-n3nc(-c4cc5oc6ccccc6c5cn4)c[n+]31)O2. The maximum absolute atomic E-state index is 6.45. The summed E-state index contributed by atoms with van der Waals surface area (Å²) in [6.45, 7) is 0. The topological polar surface area (TPSA) is 70.1 Å². The molecule has 0 bridgehead atoms. The Labute approximate surface area is 220 Å². The number of pyridine rings is 2. The highest BCUT2D eigenvalue weighted by molar-refractivity contribution is 6.05. The Morgan fingerprint density at radius 3 is 2.49 bits per heavy atom. The predicted octanol–water partition coefficient (Wildman–Crippen LogP) is 5.23. The van der Waals surface area contributed by atoms with Gasteiger partial charge in [-0.3, -0.25) is 4.98 Å². The van der Waals surface area contributed by atoms with Gasteiger partial charge in [-0.2, -0.15) is 0 Å². The van der Waals surface area contributed by atoms with Crippen molar-refractivity contribution in [1.82, 2.24) is 14.9 Å².